The summed E-state index contributed by atoms with van der Waals surface area (Å²) < 4.78 is 0. The number of nitrogens with zero attached hydrogens (tertiary/aromatic N) is 1. The number of nitrogens with one attached hydrogen (secondary N) is 1. The lowest BCUT2D eigenvalue weighted by atomic mass is 10.1. The highest BCUT2D eigenvalue weighted by atomic mass is 16.4. The molecule has 0 radical (unpaired) electrons. The van der Waals surface area contributed by atoms with Crippen molar-refractivity contribution in [3.63, 3.8) is 0 Å². The third-order valence-electron chi connectivity index (χ3n) is 4.13. The van der Waals surface area contributed by atoms with Crippen LogP contribution in [0.3, 0.4) is 0 Å². The number of aliphatic hydroxyl groups excluding tert-OH is 1. The van der Waals surface area contributed by atoms with Crippen molar-refractivity contribution in [2.75, 3.05) is 39.3 Å². The normalized spacial score (nSPS) is 11.3. The molecule has 0 aromatic carbocycles. The molecule has 0 aromatic heterocycles. The molecule has 5 nitrogen and oxygen atoms in total. The molecular weight excluding hydrogens is 292 g/mol. The van der Waals surface area contributed by atoms with E-state index >= 15 is 0 Å². The fourth-order valence-corrected chi connectivity index (χ4v) is 2.73. The van der Waals surface area contributed by atoms with Gasteiger partial charge in [0.05, 0.1) is 13.2 Å². The Morgan fingerprint density at radius 1 is 0.870 bits per heavy atom. The van der Waals surface area contributed by atoms with Gasteiger partial charge in [0.25, 0.3) is 0 Å². The van der Waals surface area contributed by atoms with Gasteiger partial charge in [0, 0.05) is 19.6 Å². The maximum absolute atomic E-state index is 10.4. The van der Waals surface area contributed by atoms with Crippen LogP contribution in [0.25, 0.3) is 0 Å². The summed E-state index contributed by atoms with van der Waals surface area (Å²) in [5.74, 6) is -0.826. The molecule has 5 heteroatoms. The zero-order chi connectivity index (χ0) is 17.2. The summed E-state index contributed by atoms with van der Waals surface area (Å²) in [6.45, 7) is 5.54. The number of carboxylic acids is 1. The lowest BCUT2D eigenvalue weighted by molar-refractivity contribution is -0.135. The molecule has 0 rings (SSSR count). The van der Waals surface area contributed by atoms with E-state index in [1.54, 1.807) is 0 Å². The molecule has 0 spiro atoms. The van der Waals surface area contributed by atoms with Crippen molar-refractivity contribution in [2.45, 2.75) is 71.1 Å². The van der Waals surface area contributed by atoms with Crippen LogP contribution < -0.4 is 5.32 Å². The minimum atomic E-state index is -0.826. The van der Waals surface area contributed by atoms with Crippen LogP contribution in [0.4, 0.5) is 0 Å². The highest BCUT2D eigenvalue weighted by Crippen LogP contribution is 2.10. The van der Waals surface area contributed by atoms with Gasteiger partial charge in [0.1, 0.15) is 0 Å². The molecule has 0 unspecified atom stereocenters. The predicted octanol–water partition coefficient (Wildman–Crippen LogP) is 2.88. The maximum Gasteiger partial charge on any atom is 0.317 e. The number of unbranched alkanes of at least 4 members (excludes halogenated alkanes) is 9. The second kappa shape index (κ2) is 17.7. The number of carbonyl (C=O) groups is 1. The molecule has 0 aromatic rings. The van der Waals surface area contributed by atoms with Crippen LogP contribution in [0.1, 0.15) is 71.1 Å². The molecule has 0 amide bonds. The molecule has 23 heavy (non-hydrogen) atoms. The Bertz CT molecular complexity index is 263. The summed E-state index contributed by atoms with van der Waals surface area (Å²) in [6.07, 6.45) is 13.3. The summed E-state index contributed by atoms with van der Waals surface area (Å²) in [4.78, 5) is 12.6. The van der Waals surface area contributed by atoms with Gasteiger partial charge < -0.3 is 15.5 Å². The Hall–Kier alpha value is -0.650. The molecule has 3 N–H and O–H groups in total. The lowest BCUT2D eigenvalue weighted by Crippen LogP contribution is -2.36. The van der Waals surface area contributed by atoms with Gasteiger partial charge in [-0.1, -0.05) is 64.7 Å². The van der Waals surface area contributed by atoms with E-state index in [4.69, 9.17) is 10.2 Å². The van der Waals surface area contributed by atoms with E-state index in [-0.39, 0.29) is 13.2 Å². The van der Waals surface area contributed by atoms with Crippen molar-refractivity contribution < 1.29 is 15.0 Å². The van der Waals surface area contributed by atoms with Crippen LogP contribution in [-0.4, -0.2) is 60.4 Å². The molecule has 0 atom stereocenters. The molecule has 0 bridgehead atoms. The number of rotatable bonds is 18. The smallest absolute Gasteiger partial charge is 0.317 e. The van der Waals surface area contributed by atoms with Crippen molar-refractivity contribution in [2.24, 2.45) is 0 Å². The summed E-state index contributed by atoms with van der Waals surface area (Å²) in [7, 11) is 0. The summed E-state index contributed by atoms with van der Waals surface area (Å²) in [6, 6.07) is 0. The SMILES string of the molecule is CCCCCCCCCCCCN(CCO)CCNCC(=O)O. The zero-order valence-corrected chi connectivity index (χ0v) is 15.1. The van der Waals surface area contributed by atoms with Gasteiger partial charge in [0.15, 0.2) is 0 Å². The number of carboxylic acid groups (broad SMARTS) is 1. The van der Waals surface area contributed by atoms with Gasteiger partial charge in [0.2, 0.25) is 0 Å². The van der Waals surface area contributed by atoms with E-state index in [0.717, 1.165) is 19.5 Å². The van der Waals surface area contributed by atoms with E-state index in [1.165, 1.54) is 57.8 Å². The average molecular weight is 331 g/mol. The molecule has 0 heterocycles. The first-order valence-corrected chi connectivity index (χ1v) is 9.46. The van der Waals surface area contributed by atoms with Crippen molar-refractivity contribution in [1.29, 1.82) is 0 Å². The monoisotopic (exact) mass is 330 g/mol. The topological polar surface area (TPSA) is 72.8 Å². The van der Waals surface area contributed by atoms with E-state index in [0.29, 0.717) is 13.1 Å². The molecule has 0 fully saturated rings. The molecule has 0 saturated carbocycles. The van der Waals surface area contributed by atoms with Gasteiger partial charge >= 0.3 is 5.97 Å². The molecular formula is C18H38N2O3. The second-order valence-corrected chi connectivity index (χ2v) is 6.32. The van der Waals surface area contributed by atoms with E-state index in [9.17, 15) is 4.79 Å². The van der Waals surface area contributed by atoms with Gasteiger partial charge in [-0.2, -0.15) is 0 Å². The molecule has 0 saturated heterocycles. The maximum atomic E-state index is 10.4. The quantitative estimate of drug-likeness (QED) is 0.337. The fourth-order valence-electron chi connectivity index (χ4n) is 2.73. The summed E-state index contributed by atoms with van der Waals surface area (Å²) in [5.41, 5.74) is 0. The molecule has 138 valence electrons. The Labute approximate surface area is 142 Å². The lowest BCUT2D eigenvalue weighted by Gasteiger charge is -2.21. The number of aliphatic hydroxyl groups is 1. The number of aliphatic carboxylic acids is 1. The second-order valence-electron chi connectivity index (χ2n) is 6.32. The highest BCUT2D eigenvalue weighted by Gasteiger charge is 2.04. The number of hydrogen-bond donors (Lipinski definition) is 3. The Kier molecular flexibility index (Phi) is 17.2. The van der Waals surface area contributed by atoms with Gasteiger partial charge in [-0.05, 0) is 13.0 Å². The fraction of sp³-hybridized carbons (Fsp3) is 0.944. The zero-order valence-electron chi connectivity index (χ0n) is 15.1. The van der Waals surface area contributed by atoms with Crippen molar-refractivity contribution in [3.8, 4) is 0 Å². The van der Waals surface area contributed by atoms with Crippen LogP contribution in [-0.2, 0) is 4.79 Å². The van der Waals surface area contributed by atoms with Crippen LogP contribution >= 0.6 is 0 Å². The van der Waals surface area contributed by atoms with Gasteiger partial charge in [-0.3, -0.25) is 9.69 Å². The van der Waals surface area contributed by atoms with E-state index < -0.39 is 5.97 Å². The third-order valence-corrected chi connectivity index (χ3v) is 4.13. The predicted molar refractivity (Wildman–Crippen MR) is 95.9 cm³/mol. The molecule has 0 aliphatic carbocycles. The minimum absolute atomic E-state index is 0.00518. The Balaban J connectivity index is 3.44. The standard InChI is InChI=1S/C18H38N2O3/c1-2-3-4-5-6-7-8-9-10-11-13-20(15-16-21)14-12-19-17-18(22)23/h19,21H,2-17H2,1H3,(H,22,23). The summed E-state index contributed by atoms with van der Waals surface area (Å²) >= 11 is 0. The summed E-state index contributed by atoms with van der Waals surface area (Å²) in [5, 5.41) is 20.5. The van der Waals surface area contributed by atoms with Crippen LogP contribution in [0.15, 0.2) is 0 Å². The van der Waals surface area contributed by atoms with Crippen LogP contribution in [0.2, 0.25) is 0 Å². The molecule has 0 aliphatic heterocycles. The molecule has 0 aliphatic rings. The highest BCUT2D eigenvalue weighted by molar-refractivity contribution is 5.68. The largest absolute Gasteiger partial charge is 0.480 e. The van der Waals surface area contributed by atoms with Crippen LogP contribution in [0.5, 0.6) is 0 Å². The van der Waals surface area contributed by atoms with Crippen molar-refractivity contribution in [1.82, 2.24) is 10.2 Å². The first-order valence-electron chi connectivity index (χ1n) is 9.46. The number of hydrogen-bond acceptors (Lipinski definition) is 4. The average Bonchev–Trinajstić information content (AvgIpc) is 2.53. The van der Waals surface area contributed by atoms with Gasteiger partial charge in [-0.15, -0.1) is 0 Å². The first-order chi connectivity index (χ1) is 11.2. The van der Waals surface area contributed by atoms with Gasteiger partial charge in [-0.25, -0.2) is 0 Å². The van der Waals surface area contributed by atoms with Crippen molar-refractivity contribution >= 4 is 5.97 Å². The Morgan fingerprint density at radius 2 is 1.43 bits per heavy atom. The van der Waals surface area contributed by atoms with Crippen molar-refractivity contribution in [3.05, 3.63) is 0 Å². The van der Waals surface area contributed by atoms with E-state index in [2.05, 4.69) is 17.1 Å². The minimum Gasteiger partial charge on any atom is -0.480 e. The van der Waals surface area contributed by atoms with Crippen LogP contribution in [0, 0.1) is 0 Å². The third kappa shape index (κ3) is 17.5. The first kappa shape index (κ1) is 22.4. The Morgan fingerprint density at radius 3 is 1.96 bits per heavy atom. The van der Waals surface area contributed by atoms with E-state index in [1.807, 2.05) is 0 Å².